The molecule has 0 N–H and O–H groups in total. The molecule has 2 heterocycles. The maximum atomic E-state index is 13.4. The van der Waals surface area contributed by atoms with Gasteiger partial charge in [0.15, 0.2) is 0 Å². The molecule has 52 heavy (non-hydrogen) atoms. The van der Waals surface area contributed by atoms with E-state index in [1.54, 1.807) is 0 Å². The van der Waals surface area contributed by atoms with Crippen molar-refractivity contribution in [2.75, 3.05) is 16.3 Å². The Hall–Kier alpha value is -1.64. The molecule has 2 aromatic carbocycles. The van der Waals surface area contributed by atoms with Gasteiger partial charge in [-0.15, -0.1) is 0 Å². The molecule has 4 fully saturated rings. The Balaban J connectivity index is 0.00000150. The number of hydrogen-bond donors (Lipinski definition) is 0. The van der Waals surface area contributed by atoms with Gasteiger partial charge in [-0.1, -0.05) is 81.8 Å². The molecule has 4 nitrogen and oxygen atoms in total. The summed E-state index contributed by atoms with van der Waals surface area (Å²) in [5.41, 5.74) is 15.8. The third-order valence-electron chi connectivity index (χ3n) is 12.2. The van der Waals surface area contributed by atoms with Crippen LogP contribution in [0.4, 0.5) is 11.4 Å². The van der Waals surface area contributed by atoms with Gasteiger partial charge in [0.05, 0.1) is 11.4 Å². The van der Waals surface area contributed by atoms with Crippen molar-refractivity contribution in [1.29, 1.82) is 0 Å². The molecule has 1 saturated heterocycles. The fraction of sp³-hybridized carbons (Fsp3) is 0.568. The van der Waals surface area contributed by atoms with E-state index in [1.165, 1.54) is 139 Å². The van der Waals surface area contributed by atoms with Crippen LogP contribution in [0.15, 0.2) is 59.8 Å². The summed E-state index contributed by atoms with van der Waals surface area (Å²) in [5.74, 6) is 1.62. The van der Waals surface area contributed by atoms with E-state index in [4.69, 9.17) is 19.4 Å². The van der Waals surface area contributed by atoms with E-state index >= 15 is 0 Å². The standard InChI is InChI=1S/C44H60N3OP.2ClH.Ru/c1-30-25-32(3)42(33(4)26-30)46-23-24-47(43-34(5)27-31(2)28-35(43)6)44(46)38-19-13-20-40(39(38)29-45-22-14-21-41(45)48)49(36-15-9-7-10-16-36)37-17-11-8-12-18-37;;;/h23-29,36-37,40H,7-22H2,1-6H3;2*1H;/q;;;+2/p-2. The SMILES string of the molecule is Cc1cc(C)c(N2C=CN(c3c(C)cc(C)cc3C)C2=C2CCCC(P(C3CCCCC3)C3CCCCC3)C2=CN2CCCC2=O)c(C)c1.[Cl][Ru][Cl]. The normalized spacial score (nSPS) is 22.7. The van der Waals surface area contributed by atoms with Crippen LogP contribution >= 0.6 is 27.3 Å². The van der Waals surface area contributed by atoms with Gasteiger partial charge in [0.25, 0.3) is 0 Å². The number of benzene rings is 2. The molecule has 1 unspecified atom stereocenters. The summed E-state index contributed by atoms with van der Waals surface area (Å²) in [7, 11) is 9.51. The number of aryl methyl sites for hydroxylation is 6. The van der Waals surface area contributed by atoms with Crippen LogP contribution in [0.5, 0.6) is 0 Å². The Bertz CT molecular complexity index is 1560. The number of carbonyl (C=O) groups excluding carboxylic acids is 1. The number of nitrogens with zero attached hydrogens (tertiary/aromatic N) is 3. The van der Waals surface area contributed by atoms with Gasteiger partial charge in [-0.2, -0.15) is 0 Å². The first-order chi connectivity index (χ1) is 25.1. The van der Waals surface area contributed by atoms with Crippen LogP contribution in [-0.4, -0.2) is 34.3 Å². The molecule has 0 spiro atoms. The molecule has 284 valence electrons. The van der Waals surface area contributed by atoms with Crippen molar-refractivity contribution in [3.63, 3.8) is 0 Å². The zero-order valence-corrected chi connectivity index (χ0v) is 36.5. The number of allylic oxidation sites excluding steroid dienone is 2. The number of hydrogen-bond acceptors (Lipinski definition) is 3. The van der Waals surface area contributed by atoms with E-state index in [2.05, 4.69) is 99.1 Å². The fourth-order valence-corrected chi connectivity index (χ4v) is 14.9. The van der Waals surface area contributed by atoms with Crippen LogP contribution < -0.4 is 9.80 Å². The van der Waals surface area contributed by atoms with Crippen molar-refractivity contribution in [3.05, 3.63) is 93.2 Å². The van der Waals surface area contributed by atoms with E-state index in [0.717, 1.165) is 30.7 Å². The van der Waals surface area contributed by atoms with Gasteiger partial charge in [-0.3, -0.25) is 4.79 Å². The van der Waals surface area contributed by atoms with Crippen molar-refractivity contribution in [2.24, 2.45) is 0 Å². The second kappa shape index (κ2) is 18.3. The van der Waals surface area contributed by atoms with Crippen LogP contribution in [0.2, 0.25) is 0 Å². The Kier molecular flexibility index (Phi) is 14.1. The van der Waals surface area contributed by atoms with E-state index in [-0.39, 0.29) is 23.1 Å². The minimum absolute atomic E-state index is 0.198. The summed E-state index contributed by atoms with van der Waals surface area (Å²) in [6, 6.07) is 9.38. The van der Waals surface area contributed by atoms with Crippen molar-refractivity contribution in [1.82, 2.24) is 4.90 Å². The Morgan fingerprint density at radius 1 is 0.654 bits per heavy atom. The van der Waals surface area contributed by atoms with Crippen LogP contribution in [-0.2, 0) is 19.9 Å². The van der Waals surface area contributed by atoms with Gasteiger partial charge < -0.3 is 14.7 Å². The van der Waals surface area contributed by atoms with Crippen LogP contribution in [0.25, 0.3) is 0 Å². The topological polar surface area (TPSA) is 26.8 Å². The first kappa shape index (κ1) is 40.0. The fourth-order valence-electron chi connectivity index (χ4n) is 10.4. The summed E-state index contributed by atoms with van der Waals surface area (Å²) >= 11 is -0.346. The van der Waals surface area contributed by atoms with Gasteiger partial charge in [0.1, 0.15) is 5.82 Å². The number of amides is 1. The predicted molar refractivity (Wildman–Crippen MR) is 221 cm³/mol. The Labute approximate surface area is 331 Å². The van der Waals surface area contributed by atoms with Gasteiger partial charge >= 0.3 is 34.5 Å². The molecule has 2 aliphatic heterocycles. The third-order valence-corrected chi connectivity index (χ3v) is 16.2. The molecule has 7 rings (SSSR count). The number of halogens is 2. The third kappa shape index (κ3) is 8.75. The zero-order valence-electron chi connectivity index (χ0n) is 32.4. The van der Waals surface area contributed by atoms with Crippen molar-refractivity contribution in [3.8, 4) is 0 Å². The van der Waals surface area contributed by atoms with Gasteiger partial charge in [0.2, 0.25) is 5.91 Å². The summed E-state index contributed by atoms with van der Waals surface area (Å²) in [4.78, 5) is 20.6. The monoisotopic (exact) mass is 849 g/mol. The van der Waals surface area contributed by atoms with Gasteiger partial charge in [-0.25, -0.2) is 0 Å². The van der Waals surface area contributed by atoms with Gasteiger partial charge in [0, 0.05) is 37.2 Å². The van der Waals surface area contributed by atoms with E-state index in [0.29, 0.717) is 18.0 Å². The number of carbonyl (C=O) groups is 1. The van der Waals surface area contributed by atoms with Crippen LogP contribution in [0, 0.1) is 41.5 Å². The van der Waals surface area contributed by atoms with Gasteiger partial charge in [-0.05, 0) is 138 Å². The van der Waals surface area contributed by atoms with Crippen LogP contribution in [0.3, 0.4) is 0 Å². The summed E-state index contributed by atoms with van der Waals surface area (Å²) in [6.45, 7) is 14.4. The summed E-state index contributed by atoms with van der Waals surface area (Å²) < 4.78 is 0. The number of rotatable bonds is 6. The zero-order chi connectivity index (χ0) is 36.9. The molecular weight excluding hydrogens is 789 g/mol. The molecule has 3 aliphatic carbocycles. The first-order valence-electron chi connectivity index (χ1n) is 19.9. The quantitative estimate of drug-likeness (QED) is 0.214. The maximum absolute atomic E-state index is 13.4. The predicted octanol–water partition coefficient (Wildman–Crippen LogP) is 13.1. The first-order valence-corrected chi connectivity index (χ1v) is 25.9. The number of anilines is 2. The molecule has 0 bridgehead atoms. The molecule has 3 saturated carbocycles. The number of likely N-dealkylation sites (tertiary alicyclic amines) is 1. The molecular formula is C44H60Cl2N3OPRu. The molecule has 8 heteroatoms. The second-order valence-electron chi connectivity index (χ2n) is 16.1. The second-order valence-corrected chi connectivity index (χ2v) is 21.7. The molecule has 0 aromatic heterocycles. The van der Waals surface area contributed by atoms with E-state index in [1.807, 2.05) is 0 Å². The molecule has 1 amide bonds. The Morgan fingerprint density at radius 3 is 1.54 bits per heavy atom. The molecule has 1 atom stereocenters. The summed E-state index contributed by atoms with van der Waals surface area (Å²) in [5, 5.41) is 0. The van der Waals surface area contributed by atoms with E-state index in [9.17, 15) is 4.79 Å². The van der Waals surface area contributed by atoms with Crippen molar-refractivity contribution < 1.29 is 19.9 Å². The van der Waals surface area contributed by atoms with Crippen molar-refractivity contribution in [2.45, 2.75) is 155 Å². The molecule has 5 aliphatic rings. The average Bonchev–Trinajstić information content (AvgIpc) is 3.71. The Morgan fingerprint density at radius 2 is 1.12 bits per heavy atom. The van der Waals surface area contributed by atoms with Crippen LogP contribution in [0.1, 0.15) is 130 Å². The minimum atomic E-state index is -0.346. The molecule has 0 radical (unpaired) electrons. The van der Waals surface area contributed by atoms with Crippen molar-refractivity contribution >= 4 is 44.6 Å². The van der Waals surface area contributed by atoms with E-state index < -0.39 is 0 Å². The molecule has 2 aromatic rings. The average molecular weight is 850 g/mol. The summed E-state index contributed by atoms with van der Waals surface area (Å²) in [6.07, 6.45) is 26.4.